The summed E-state index contributed by atoms with van der Waals surface area (Å²) in [5, 5.41) is 31.6. The zero-order chi connectivity index (χ0) is 58.9. The summed E-state index contributed by atoms with van der Waals surface area (Å²) in [7, 11) is 0. The molecule has 3 N–H and O–H groups in total. The normalized spacial score (nSPS) is 18.3. The summed E-state index contributed by atoms with van der Waals surface area (Å²) >= 11 is 0. The summed E-state index contributed by atoms with van der Waals surface area (Å²) in [6.45, 7) is 5.80. The number of carbonyl (C=O) groups excluding carboxylic acids is 3. The fourth-order valence-electron chi connectivity index (χ4n) is 9.53. The van der Waals surface area contributed by atoms with Gasteiger partial charge in [-0.2, -0.15) is 0 Å². The van der Waals surface area contributed by atoms with Crippen LogP contribution in [-0.2, 0) is 42.9 Å². The molecule has 1 saturated heterocycles. The molecule has 1 rings (SSSR count). The highest BCUT2D eigenvalue weighted by Crippen LogP contribution is 2.27. The van der Waals surface area contributed by atoms with Crippen LogP contribution in [0.2, 0.25) is 0 Å². The Kier molecular flexibility index (Phi) is 52.1. The minimum atomic E-state index is -1.92. The fraction of sp³-hybridized carbons (Fsp3) is 0.739. The molecule has 0 aliphatic carbocycles. The van der Waals surface area contributed by atoms with Gasteiger partial charge in [-0.25, -0.2) is 4.79 Å². The van der Waals surface area contributed by atoms with Crippen LogP contribution in [0.5, 0.6) is 0 Å². The summed E-state index contributed by atoms with van der Waals surface area (Å²) in [4.78, 5) is 51.2. The highest BCUT2D eigenvalue weighted by Gasteiger charge is 2.50. The maximum atomic E-state index is 13.1. The van der Waals surface area contributed by atoms with Gasteiger partial charge in [0.2, 0.25) is 0 Å². The number of carboxylic acid groups (broad SMARTS) is 1. The van der Waals surface area contributed by atoms with Crippen molar-refractivity contribution in [3.8, 4) is 0 Å². The number of aliphatic carboxylic acids is 1. The second-order valence-corrected chi connectivity index (χ2v) is 22.0. The molecular weight excluding hydrogens is 1020 g/mol. The molecule has 0 radical (unpaired) electrons. The van der Waals surface area contributed by atoms with Gasteiger partial charge in [-0.15, -0.1) is 0 Å². The predicted molar refractivity (Wildman–Crippen MR) is 331 cm³/mol. The molecule has 0 saturated carbocycles. The standard InChI is InChI=1S/C69H116O12/c1-4-7-10-13-16-19-22-25-28-30-31-33-35-37-40-43-46-49-52-55-61(70)77-58-60(79-62(71)56-53-50-47-44-41-38-34-27-24-21-18-15-12-9-6-3)59-78-69-67(65(74)64(73)66(81-69)68(75)76)80-63(72)57-54-51-48-45-42-39-36-32-29-26-23-20-17-14-11-8-5-2/h9,12,16,18-19,21,25,27-28,34,41,44,50,53,60,64-67,69,73-74H,4-8,10-11,13-15,17,20,22-24,26,29-33,35-40,42-43,45-49,51-52,54-59H2,1-3H3,(H,75,76)/b12-9-,19-16-,21-18-,28-25-,34-27-,44-41-,53-50-. The van der Waals surface area contributed by atoms with Crippen LogP contribution in [0.4, 0.5) is 0 Å². The van der Waals surface area contributed by atoms with Gasteiger partial charge in [0.1, 0.15) is 18.8 Å². The third-order valence-electron chi connectivity index (χ3n) is 14.5. The predicted octanol–water partition coefficient (Wildman–Crippen LogP) is 17.5. The first-order valence-corrected chi connectivity index (χ1v) is 32.6. The molecule has 81 heavy (non-hydrogen) atoms. The number of unbranched alkanes of at least 4 members (excludes halogenated alkanes) is 28. The zero-order valence-corrected chi connectivity index (χ0v) is 51.3. The number of carboxylic acids is 1. The lowest BCUT2D eigenvalue weighted by Gasteiger charge is -2.40. The maximum Gasteiger partial charge on any atom is 0.335 e. The van der Waals surface area contributed by atoms with Crippen molar-refractivity contribution < 1.29 is 58.2 Å². The topological polar surface area (TPSA) is 175 Å². The van der Waals surface area contributed by atoms with Gasteiger partial charge in [0.05, 0.1) is 13.0 Å². The van der Waals surface area contributed by atoms with E-state index < -0.39 is 67.3 Å². The first kappa shape index (κ1) is 74.9. The molecule has 1 heterocycles. The van der Waals surface area contributed by atoms with Crippen LogP contribution in [0, 0.1) is 0 Å². The Morgan fingerprint density at radius 1 is 0.432 bits per heavy atom. The molecule has 0 bridgehead atoms. The van der Waals surface area contributed by atoms with Crippen LogP contribution in [0.3, 0.4) is 0 Å². The number of allylic oxidation sites excluding steroid dienone is 13. The molecule has 1 fully saturated rings. The highest BCUT2D eigenvalue weighted by molar-refractivity contribution is 5.74. The monoisotopic (exact) mass is 1140 g/mol. The van der Waals surface area contributed by atoms with Crippen LogP contribution in [0.15, 0.2) is 85.1 Å². The number of ether oxygens (including phenoxy) is 5. The maximum absolute atomic E-state index is 13.1. The molecule has 6 atom stereocenters. The van der Waals surface area contributed by atoms with Gasteiger partial charge in [0.25, 0.3) is 0 Å². The van der Waals surface area contributed by atoms with Gasteiger partial charge in [0, 0.05) is 12.8 Å². The molecule has 0 spiro atoms. The summed E-state index contributed by atoms with van der Waals surface area (Å²) < 4.78 is 28.4. The van der Waals surface area contributed by atoms with Crippen LogP contribution in [-0.4, -0.2) is 89.2 Å². The van der Waals surface area contributed by atoms with E-state index in [4.69, 9.17) is 23.7 Å². The molecule has 12 nitrogen and oxygen atoms in total. The fourth-order valence-corrected chi connectivity index (χ4v) is 9.53. The quantitative estimate of drug-likeness (QED) is 0.0228. The average Bonchev–Trinajstić information content (AvgIpc) is 3.53. The summed E-state index contributed by atoms with van der Waals surface area (Å²) in [6.07, 6.45) is 61.4. The lowest BCUT2D eigenvalue weighted by Crippen LogP contribution is -2.61. The van der Waals surface area contributed by atoms with Crippen molar-refractivity contribution in [3.63, 3.8) is 0 Å². The third kappa shape index (κ3) is 46.0. The first-order chi connectivity index (χ1) is 39.6. The van der Waals surface area contributed by atoms with Gasteiger partial charge in [-0.3, -0.25) is 14.4 Å². The Balaban J connectivity index is 2.69. The van der Waals surface area contributed by atoms with Crippen molar-refractivity contribution in [1.29, 1.82) is 0 Å². The second kappa shape index (κ2) is 56.4. The van der Waals surface area contributed by atoms with Gasteiger partial charge >= 0.3 is 23.9 Å². The Morgan fingerprint density at radius 3 is 1.27 bits per heavy atom. The lowest BCUT2D eigenvalue weighted by atomic mass is 9.98. The Hall–Kier alpha value is -4.10. The number of carbonyl (C=O) groups is 4. The van der Waals surface area contributed by atoms with Crippen molar-refractivity contribution >= 4 is 23.9 Å². The average molecular weight is 1140 g/mol. The summed E-state index contributed by atoms with van der Waals surface area (Å²) in [6, 6.07) is 0. The highest BCUT2D eigenvalue weighted by atomic mass is 16.7. The van der Waals surface area contributed by atoms with Gasteiger partial charge < -0.3 is 39.0 Å². The molecule has 1 aliphatic heterocycles. The molecule has 0 aromatic heterocycles. The molecule has 1 aliphatic rings. The van der Waals surface area contributed by atoms with Crippen LogP contribution < -0.4 is 0 Å². The Bertz CT molecular complexity index is 1730. The van der Waals surface area contributed by atoms with Crippen molar-refractivity contribution in [1.82, 2.24) is 0 Å². The number of hydrogen-bond donors (Lipinski definition) is 3. The number of rotatable bonds is 55. The first-order valence-electron chi connectivity index (χ1n) is 32.6. The second-order valence-electron chi connectivity index (χ2n) is 22.0. The summed E-state index contributed by atoms with van der Waals surface area (Å²) in [5.41, 5.74) is 0. The molecule has 12 heteroatoms. The van der Waals surface area contributed by atoms with Crippen molar-refractivity contribution in [2.45, 2.75) is 314 Å². The van der Waals surface area contributed by atoms with Crippen molar-refractivity contribution in [2.24, 2.45) is 0 Å². The lowest BCUT2D eigenvalue weighted by molar-refractivity contribution is -0.301. The van der Waals surface area contributed by atoms with Gasteiger partial charge in [-0.05, 0) is 77.0 Å². The SMILES string of the molecule is CC/C=C\C/C=C\C/C=C\C/C=C\C/C=C\CC(=O)OC(COC(=O)CCCCCCCCCCC/C=C\C/C=C\CCCCC)COC1OC(C(=O)O)C(O)C(O)C1OC(=O)CCCCCCCCCCCCCCCCCCC. The molecule has 0 aromatic carbocycles. The van der Waals surface area contributed by atoms with E-state index in [2.05, 4.69) is 87.6 Å². The number of hydrogen-bond acceptors (Lipinski definition) is 11. The van der Waals surface area contributed by atoms with E-state index in [0.29, 0.717) is 19.3 Å². The van der Waals surface area contributed by atoms with Crippen molar-refractivity contribution in [2.75, 3.05) is 13.2 Å². The zero-order valence-electron chi connectivity index (χ0n) is 51.3. The summed E-state index contributed by atoms with van der Waals surface area (Å²) in [5.74, 6) is -3.28. The number of aliphatic hydroxyl groups excluding tert-OH is 2. The van der Waals surface area contributed by atoms with Crippen molar-refractivity contribution in [3.05, 3.63) is 85.1 Å². The molecule has 464 valence electrons. The minimum absolute atomic E-state index is 0.0508. The third-order valence-corrected chi connectivity index (χ3v) is 14.5. The van der Waals surface area contributed by atoms with Gasteiger partial charge in [-0.1, -0.05) is 266 Å². The largest absolute Gasteiger partial charge is 0.479 e. The molecule has 0 aromatic rings. The molecular formula is C69H116O12. The van der Waals surface area contributed by atoms with E-state index >= 15 is 0 Å². The smallest absolute Gasteiger partial charge is 0.335 e. The molecule has 0 amide bonds. The van der Waals surface area contributed by atoms with Gasteiger partial charge in [0.15, 0.2) is 24.6 Å². The van der Waals surface area contributed by atoms with E-state index in [1.54, 1.807) is 6.08 Å². The van der Waals surface area contributed by atoms with E-state index in [1.165, 1.54) is 135 Å². The number of aliphatic hydroxyl groups is 2. The van der Waals surface area contributed by atoms with E-state index in [0.717, 1.165) is 83.5 Å². The number of esters is 3. The van der Waals surface area contributed by atoms with E-state index in [9.17, 15) is 34.5 Å². The Morgan fingerprint density at radius 2 is 0.815 bits per heavy atom. The van der Waals surface area contributed by atoms with E-state index in [1.807, 2.05) is 12.2 Å². The van der Waals surface area contributed by atoms with Crippen LogP contribution in [0.25, 0.3) is 0 Å². The molecule has 6 unspecified atom stereocenters. The minimum Gasteiger partial charge on any atom is -0.479 e. The van der Waals surface area contributed by atoms with Crippen LogP contribution in [0.1, 0.15) is 278 Å². The van der Waals surface area contributed by atoms with E-state index in [-0.39, 0.29) is 25.9 Å². The van der Waals surface area contributed by atoms with Crippen LogP contribution >= 0.6 is 0 Å². The Labute approximate surface area is 492 Å².